The molecule has 1 heterocycles. The van der Waals surface area contributed by atoms with Gasteiger partial charge in [-0.1, -0.05) is 153 Å². The number of ether oxygens (including phenoxy) is 3. The molecule has 0 aromatic carbocycles. The van der Waals surface area contributed by atoms with Crippen LogP contribution in [-0.4, -0.2) is 55.5 Å². The molecule has 3 N–H and O–H groups in total. The van der Waals surface area contributed by atoms with Crippen molar-refractivity contribution < 1.29 is 37.5 Å². The highest BCUT2D eigenvalue weighted by atomic mass is 31.2. The minimum Gasteiger partial charge on any atom is -0.498 e. The SMILES string of the molecule is CCCCCCCCCCCCCCCC/C=C/OC[C@H](COP(=O)(O)OCCN)OC(=O)CCC/C=C\C/C=C\C/C=C\CC1OC1CCCCC. The van der Waals surface area contributed by atoms with Gasteiger partial charge in [0.1, 0.15) is 6.61 Å². The van der Waals surface area contributed by atoms with Crippen molar-refractivity contribution in [2.24, 2.45) is 5.73 Å². The van der Waals surface area contributed by atoms with Crippen molar-refractivity contribution in [3.8, 4) is 0 Å². The number of phosphoric ester groups is 1. The van der Waals surface area contributed by atoms with Crippen molar-refractivity contribution in [2.75, 3.05) is 26.4 Å². The summed E-state index contributed by atoms with van der Waals surface area (Å²) in [7, 11) is -4.31. The van der Waals surface area contributed by atoms with Gasteiger partial charge < -0.3 is 24.8 Å². The minimum atomic E-state index is -4.31. The molecule has 0 amide bonds. The van der Waals surface area contributed by atoms with E-state index in [-0.39, 0.29) is 32.8 Å². The molecule has 1 aliphatic heterocycles. The van der Waals surface area contributed by atoms with Gasteiger partial charge in [-0.15, -0.1) is 0 Å². The smallest absolute Gasteiger partial charge is 0.472 e. The van der Waals surface area contributed by atoms with E-state index in [2.05, 4.69) is 50.3 Å². The average Bonchev–Trinajstić information content (AvgIpc) is 3.90. The van der Waals surface area contributed by atoms with Crippen LogP contribution in [-0.2, 0) is 32.6 Å². The van der Waals surface area contributed by atoms with Gasteiger partial charge in [0.05, 0.1) is 31.7 Å². The summed E-state index contributed by atoms with van der Waals surface area (Å²) in [5.41, 5.74) is 5.36. The minimum absolute atomic E-state index is 0.00716. The molecule has 0 saturated carbocycles. The van der Waals surface area contributed by atoms with Crippen molar-refractivity contribution >= 4 is 13.8 Å². The Hall–Kier alpha value is -1.74. The molecule has 4 atom stereocenters. The Balaban J connectivity index is 2.19. The first-order valence-corrected chi connectivity index (χ1v) is 22.8. The largest absolute Gasteiger partial charge is 0.498 e. The second-order valence-electron chi connectivity index (χ2n) is 14.3. The molecule has 1 aliphatic rings. The number of phosphoric acid groups is 1. The second-order valence-corrected chi connectivity index (χ2v) is 15.8. The van der Waals surface area contributed by atoms with E-state index in [1.807, 2.05) is 6.08 Å². The Morgan fingerprint density at radius 2 is 1.26 bits per heavy atom. The van der Waals surface area contributed by atoms with Crippen LogP contribution in [0.5, 0.6) is 0 Å². The summed E-state index contributed by atoms with van der Waals surface area (Å²) in [5.74, 6) is -0.409. The summed E-state index contributed by atoms with van der Waals surface area (Å²) in [6, 6.07) is 0. The van der Waals surface area contributed by atoms with Gasteiger partial charge in [0.25, 0.3) is 0 Å². The Labute approximate surface area is 324 Å². The van der Waals surface area contributed by atoms with E-state index in [9.17, 15) is 14.3 Å². The van der Waals surface area contributed by atoms with Crippen LogP contribution >= 0.6 is 7.82 Å². The molecule has 1 rings (SSSR count). The summed E-state index contributed by atoms with van der Waals surface area (Å²) in [4.78, 5) is 22.4. The summed E-state index contributed by atoms with van der Waals surface area (Å²) in [5, 5.41) is 0. The molecule has 0 aliphatic carbocycles. The third-order valence-electron chi connectivity index (χ3n) is 9.24. The fourth-order valence-electron chi connectivity index (χ4n) is 5.99. The van der Waals surface area contributed by atoms with Crippen molar-refractivity contribution in [2.45, 2.75) is 193 Å². The van der Waals surface area contributed by atoms with Crippen molar-refractivity contribution in [3.63, 3.8) is 0 Å². The van der Waals surface area contributed by atoms with E-state index in [4.69, 9.17) is 29.0 Å². The quantitative estimate of drug-likeness (QED) is 0.0157. The number of hydrogen-bond acceptors (Lipinski definition) is 8. The van der Waals surface area contributed by atoms with Gasteiger partial charge in [-0.05, 0) is 57.4 Å². The highest BCUT2D eigenvalue weighted by Gasteiger charge is 2.36. The predicted octanol–water partition coefficient (Wildman–Crippen LogP) is 11.7. The first-order valence-electron chi connectivity index (χ1n) is 21.3. The Kier molecular flexibility index (Phi) is 33.4. The monoisotopic (exact) mass is 768 g/mol. The van der Waals surface area contributed by atoms with Gasteiger partial charge in [0.15, 0.2) is 6.10 Å². The number of carbonyl (C=O) groups excluding carboxylic acids is 1. The molecule has 3 unspecified atom stereocenters. The molecule has 10 heteroatoms. The zero-order chi connectivity index (χ0) is 38.5. The van der Waals surface area contributed by atoms with E-state index in [1.54, 1.807) is 6.26 Å². The number of hydrogen-bond donors (Lipinski definition) is 2. The van der Waals surface area contributed by atoms with Crippen LogP contribution in [0.25, 0.3) is 0 Å². The number of esters is 1. The van der Waals surface area contributed by atoms with E-state index in [0.717, 1.165) is 38.5 Å². The molecule has 0 aromatic heterocycles. The maximum atomic E-state index is 12.5. The van der Waals surface area contributed by atoms with E-state index in [1.165, 1.54) is 109 Å². The van der Waals surface area contributed by atoms with Gasteiger partial charge >= 0.3 is 13.8 Å². The summed E-state index contributed by atoms with van der Waals surface area (Å²) < 4.78 is 38.8. The predicted molar refractivity (Wildman–Crippen MR) is 219 cm³/mol. The Bertz CT molecular complexity index is 1020. The molecule has 9 nitrogen and oxygen atoms in total. The molecule has 0 aromatic rings. The first-order chi connectivity index (χ1) is 25.9. The van der Waals surface area contributed by atoms with Gasteiger partial charge in [-0.25, -0.2) is 4.57 Å². The summed E-state index contributed by atoms with van der Waals surface area (Å²) >= 11 is 0. The fraction of sp³-hybridized carbons (Fsp3) is 0.791. The van der Waals surface area contributed by atoms with E-state index in [0.29, 0.717) is 18.6 Å². The average molecular weight is 768 g/mol. The van der Waals surface area contributed by atoms with Crippen LogP contribution in [0.4, 0.5) is 0 Å². The van der Waals surface area contributed by atoms with Gasteiger partial charge in [-0.3, -0.25) is 13.8 Å². The lowest BCUT2D eigenvalue weighted by atomic mass is 10.0. The third-order valence-corrected chi connectivity index (χ3v) is 10.2. The maximum Gasteiger partial charge on any atom is 0.472 e. The number of rotatable bonds is 39. The summed E-state index contributed by atoms with van der Waals surface area (Å²) in [6.07, 6.45) is 45.4. The number of allylic oxidation sites excluding steroid dienone is 6. The van der Waals surface area contributed by atoms with Crippen LogP contribution in [0, 0.1) is 0 Å². The zero-order valence-electron chi connectivity index (χ0n) is 33.7. The highest BCUT2D eigenvalue weighted by molar-refractivity contribution is 7.47. The highest BCUT2D eigenvalue weighted by Crippen LogP contribution is 2.43. The van der Waals surface area contributed by atoms with Gasteiger partial charge in [-0.2, -0.15) is 0 Å². The number of carbonyl (C=O) groups is 1. The topological polar surface area (TPSA) is 130 Å². The second kappa shape index (κ2) is 35.9. The van der Waals surface area contributed by atoms with Crippen molar-refractivity contribution in [1.29, 1.82) is 0 Å². The maximum absolute atomic E-state index is 12.5. The lowest BCUT2D eigenvalue weighted by Crippen LogP contribution is -2.27. The number of epoxide rings is 1. The van der Waals surface area contributed by atoms with Crippen LogP contribution in [0.1, 0.15) is 174 Å². The molecule has 1 saturated heterocycles. The van der Waals surface area contributed by atoms with Gasteiger partial charge in [0.2, 0.25) is 0 Å². The van der Waals surface area contributed by atoms with Crippen molar-refractivity contribution in [1.82, 2.24) is 0 Å². The van der Waals surface area contributed by atoms with Crippen LogP contribution in [0.15, 0.2) is 48.8 Å². The van der Waals surface area contributed by atoms with E-state index >= 15 is 0 Å². The van der Waals surface area contributed by atoms with E-state index < -0.39 is 19.9 Å². The zero-order valence-corrected chi connectivity index (χ0v) is 34.6. The lowest BCUT2D eigenvalue weighted by Gasteiger charge is -2.19. The molecule has 0 radical (unpaired) electrons. The third kappa shape index (κ3) is 33.3. The molecule has 308 valence electrons. The standard InChI is InChI=1S/C43H78NO8P/c1-3-5-7-8-9-10-11-12-13-14-15-18-21-24-27-31-36-48-38-40(39-50-53(46,47)49-37-35-44)51-43(45)34-30-26-23-20-17-16-19-22-25-29-33-42-41(52-42)32-28-6-4-2/h16,19-20,23,25,29,31,36,40-42H,3-15,17-18,21-22,24,26-28,30,32-35,37-39,44H2,1-2H3,(H,46,47)/b19-16-,23-20-,29-25-,36-31+/t40-,41?,42?/m1/s1. The first kappa shape index (κ1) is 49.3. The van der Waals surface area contributed by atoms with Gasteiger partial charge in [0, 0.05) is 13.0 Å². The number of nitrogens with two attached hydrogens (primary N) is 1. The lowest BCUT2D eigenvalue weighted by molar-refractivity contribution is -0.153. The van der Waals surface area contributed by atoms with Crippen molar-refractivity contribution in [3.05, 3.63) is 48.8 Å². The Morgan fingerprint density at radius 1 is 0.698 bits per heavy atom. The van der Waals surface area contributed by atoms with Crippen LogP contribution in [0.2, 0.25) is 0 Å². The normalized spacial score (nSPS) is 17.7. The summed E-state index contributed by atoms with van der Waals surface area (Å²) in [6.45, 7) is 4.14. The Morgan fingerprint density at radius 3 is 1.91 bits per heavy atom. The fourth-order valence-corrected chi connectivity index (χ4v) is 6.76. The molecule has 1 fully saturated rings. The molecular weight excluding hydrogens is 689 g/mol. The van der Waals surface area contributed by atoms with Crippen LogP contribution in [0.3, 0.4) is 0 Å². The molecular formula is C43H78NO8P. The molecule has 53 heavy (non-hydrogen) atoms. The molecule has 0 bridgehead atoms. The molecule has 0 spiro atoms. The van der Waals surface area contributed by atoms with Crippen LogP contribution < -0.4 is 5.73 Å². The number of unbranched alkanes of at least 4 members (excludes halogenated alkanes) is 17.